The van der Waals surface area contributed by atoms with E-state index in [0.29, 0.717) is 25.9 Å². The molecule has 2 unspecified atom stereocenters. The first-order valence-corrected chi connectivity index (χ1v) is 11.0. The van der Waals surface area contributed by atoms with Gasteiger partial charge >= 0.3 is 0 Å². The summed E-state index contributed by atoms with van der Waals surface area (Å²) in [6.45, 7) is 9.72. The molecule has 2 atom stereocenters. The van der Waals surface area contributed by atoms with E-state index >= 15 is 0 Å². The van der Waals surface area contributed by atoms with Gasteiger partial charge in [-0.3, -0.25) is 14.5 Å². The molecule has 0 rings (SSSR count). The zero-order valence-corrected chi connectivity index (χ0v) is 18.8. The van der Waals surface area contributed by atoms with Gasteiger partial charge < -0.3 is 10.6 Å². The van der Waals surface area contributed by atoms with Gasteiger partial charge in [-0.1, -0.05) is 63.8 Å². The van der Waals surface area contributed by atoms with Crippen LogP contribution in [0, 0.1) is 0 Å². The molecule has 2 N–H and O–H groups in total. The van der Waals surface area contributed by atoms with Crippen molar-refractivity contribution in [3.05, 3.63) is 24.3 Å². The zero-order valence-electron chi connectivity index (χ0n) is 18.8. The first kappa shape index (κ1) is 26.4. The number of likely N-dealkylation sites (N-methyl/N-ethyl adjacent to an activating group) is 1. The van der Waals surface area contributed by atoms with E-state index in [-0.39, 0.29) is 23.9 Å². The van der Waals surface area contributed by atoms with Crippen LogP contribution in [0.2, 0.25) is 0 Å². The molecule has 0 heterocycles. The van der Waals surface area contributed by atoms with Gasteiger partial charge in [0.25, 0.3) is 0 Å². The number of carbonyl (C=O) groups is 2. The minimum Gasteiger partial charge on any atom is -0.354 e. The van der Waals surface area contributed by atoms with Crippen molar-refractivity contribution in [3.8, 4) is 0 Å². The van der Waals surface area contributed by atoms with Crippen LogP contribution in [0.15, 0.2) is 24.3 Å². The third-order valence-electron chi connectivity index (χ3n) is 4.97. The number of amides is 2. The molecule has 5 heteroatoms. The molecule has 0 aromatic rings. The summed E-state index contributed by atoms with van der Waals surface area (Å²) < 4.78 is 0. The smallest absolute Gasteiger partial charge is 0.223 e. The second-order valence-corrected chi connectivity index (χ2v) is 7.61. The average Bonchev–Trinajstić information content (AvgIpc) is 2.69. The zero-order chi connectivity index (χ0) is 21.2. The van der Waals surface area contributed by atoms with Crippen LogP contribution in [0.5, 0.6) is 0 Å². The van der Waals surface area contributed by atoms with Gasteiger partial charge in [-0.05, 0) is 33.7 Å². The van der Waals surface area contributed by atoms with Crippen LogP contribution >= 0.6 is 0 Å². The summed E-state index contributed by atoms with van der Waals surface area (Å²) in [5, 5.41) is 5.98. The van der Waals surface area contributed by atoms with Gasteiger partial charge in [0.2, 0.25) is 11.8 Å². The van der Waals surface area contributed by atoms with Crippen LogP contribution < -0.4 is 10.6 Å². The predicted octanol–water partition coefficient (Wildman–Crippen LogP) is 4.20. The van der Waals surface area contributed by atoms with Gasteiger partial charge in [0.05, 0.1) is 0 Å². The third-order valence-corrected chi connectivity index (χ3v) is 4.97. The highest BCUT2D eigenvalue weighted by Gasteiger charge is 2.16. The van der Waals surface area contributed by atoms with E-state index in [1.807, 2.05) is 19.2 Å². The Balaban J connectivity index is 4.01. The lowest BCUT2D eigenvalue weighted by molar-refractivity contribution is -0.121. The van der Waals surface area contributed by atoms with Crippen molar-refractivity contribution in [2.45, 2.75) is 91.1 Å². The topological polar surface area (TPSA) is 61.4 Å². The molecule has 0 fully saturated rings. The molecule has 0 saturated heterocycles. The summed E-state index contributed by atoms with van der Waals surface area (Å²) in [7, 11) is 2.03. The van der Waals surface area contributed by atoms with E-state index in [2.05, 4.69) is 55.4 Å². The van der Waals surface area contributed by atoms with Crippen LogP contribution in [0.3, 0.4) is 0 Å². The molecule has 2 amide bonds. The summed E-state index contributed by atoms with van der Waals surface area (Å²) in [4.78, 5) is 26.0. The molecule has 162 valence electrons. The fourth-order valence-corrected chi connectivity index (χ4v) is 2.65. The van der Waals surface area contributed by atoms with Gasteiger partial charge in [0, 0.05) is 38.0 Å². The van der Waals surface area contributed by atoms with Crippen LogP contribution in [-0.4, -0.2) is 48.9 Å². The number of allylic oxidation sites excluding steroid dienone is 2. The van der Waals surface area contributed by atoms with Crippen molar-refractivity contribution in [2.75, 3.05) is 20.1 Å². The Labute approximate surface area is 173 Å². The fourth-order valence-electron chi connectivity index (χ4n) is 2.65. The first-order chi connectivity index (χ1) is 13.4. The lowest BCUT2D eigenvalue weighted by Crippen LogP contribution is -2.48. The highest BCUT2D eigenvalue weighted by Crippen LogP contribution is 2.02. The van der Waals surface area contributed by atoms with Crippen molar-refractivity contribution in [1.29, 1.82) is 0 Å². The lowest BCUT2D eigenvalue weighted by atomic mass is 10.2. The molecule has 0 aliphatic carbocycles. The molecule has 5 nitrogen and oxygen atoms in total. The summed E-state index contributed by atoms with van der Waals surface area (Å²) >= 11 is 0. The Morgan fingerprint density at radius 3 is 1.54 bits per heavy atom. The van der Waals surface area contributed by atoms with Crippen LogP contribution in [0.1, 0.15) is 79.1 Å². The lowest BCUT2D eigenvalue weighted by Gasteiger charge is -2.31. The molecule has 28 heavy (non-hydrogen) atoms. The van der Waals surface area contributed by atoms with Crippen molar-refractivity contribution >= 4 is 11.8 Å². The minimum atomic E-state index is 0.0591. The number of unbranched alkanes of at least 4 members (excludes halogenated alkanes) is 4. The van der Waals surface area contributed by atoms with E-state index in [9.17, 15) is 9.59 Å². The Morgan fingerprint density at radius 1 is 0.786 bits per heavy atom. The van der Waals surface area contributed by atoms with Crippen molar-refractivity contribution in [2.24, 2.45) is 0 Å². The van der Waals surface area contributed by atoms with E-state index in [4.69, 9.17) is 0 Å². The number of hydrogen-bond donors (Lipinski definition) is 2. The molecule has 0 aliphatic heterocycles. The number of carbonyl (C=O) groups excluding carboxylic acids is 2. The van der Waals surface area contributed by atoms with Gasteiger partial charge in [-0.15, -0.1) is 0 Å². The third kappa shape index (κ3) is 14.4. The monoisotopic (exact) mass is 393 g/mol. The molecule has 0 aromatic heterocycles. The molecular weight excluding hydrogens is 350 g/mol. The minimum absolute atomic E-state index is 0.0591. The summed E-state index contributed by atoms with van der Waals surface area (Å²) in [5.74, 6) is 0.118. The largest absolute Gasteiger partial charge is 0.354 e. The van der Waals surface area contributed by atoms with Gasteiger partial charge in [-0.25, -0.2) is 0 Å². The summed E-state index contributed by atoms with van der Waals surface area (Å²) in [5.41, 5.74) is 0. The normalized spacial score (nSPS) is 13.9. The van der Waals surface area contributed by atoms with Crippen LogP contribution in [-0.2, 0) is 9.59 Å². The number of hydrogen-bond acceptors (Lipinski definition) is 3. The Hall–Kier alpha value is -1.62. The maximum Gasteiger partial charge on any atom is 0.223 e. The average molecular weight is 394 g/mol. The molecule has 0 aliphatic rings. The summed E-state index contributed by atoms with van der Waals surface area (Å²) in [6, 6.07) is 0.405. The molecule has 0 bridgehead atoms. The Kier molecular flexibility index (Phi) is 16.5. The highest BCUT2D eigenvalue weighted by atomic mass is 16.2. The number of nitrogens with zero attached hydrogens (tertiary/aromatic N) is 1. The second-order valence-electron chi connectivity index (χ2n) is 7.61. The van der Waals surface area contributed by atoms with Crippen molar-refractivity contribution < 1.29 is 9.59 Å². The second kappa shape index (κ2) is 17.5. The summed E-state index contributed by atoms with van der Waals surface area (Å²) in [6.07, 6.45) is 15.7. The quantitative estimate of drug-likeness (QED) is 0.305. The van der Waals surface area contributed by atoms with Crippen molar-refractivity contribution in [3.63, 3.8) is 0 Å². The maximum atomic E-state index is 11.9. The molecule has 0 saturated carbocycles. The molecular formula is C23H43N3O2. The molecule has 0 radical (unpaired) electrons. The van der Waals surface area contributed by atoms with Crippen molar-refractivity contribution in [1.82, 2.24) is 15.5 Å². The van der Waals surface area contributed by atoms with E-state index in [1.165, 1.54) is 25.7 Å². The Bertz CT molecular complexity index is 432. The van der Waals surface area contributed by atoms with Crippen LogP contribution in [0.25, 0.3) is 0 Å². The molecule has 0 aromatic carbocycles. The molecule has 0 spiro atoms. The van der Waals surface area contributed by atoms with E-state index < -0.39 is 0 Å². The van der Waals surface area contributed by atoms with Gasteiger partial charge in [0.1, 0.15) is 0 Å². The maximum absolute atomic E-state index is 11.9. The first-order valence-electron chi connectivity index (χ1n) is 11.0. The number of nitrogens with one attached hydrogen (secondary N) is 2. The van der Waals surface area contributed by atoms with Crippen LogP contribution in [0.4, 0.5) is 0 Å². The van der Waals surface area contributed by atoms with Gasteiger partial charge in [-0.2, -0.15) is 0 Å². The predicted molar refractivity (Wildman–Crippen MR) is 119 cm³/mol. The Morgan fingerprint density at radius 2 is 1.18 bits per heavy atom. The van der Waals surface area contributed by atoms with E-state index in [1.54, 1.807) is 0 Å². The fraction of sp³-hybridized carbons (Fsp3) is 0.739. The van der Waals surface area contributed by atoms with E-state index in [0.717, 1.165) is 12.8 Å². The number of rotatable bonds is 16. The standard InChI is InChI=1S/C23H43N3O2/c1-6-8-10-12-14-16-22(27)24-18-20(3)26(5)21(4)19-25-23(28)17-15-13-11-9-7-2/h12-15,20-21H,6-11,16-19H2,1-5H3,(H,24,27)(H,25,28)/b14-12+,15-13+. The van der Waals surface area contributed by atoms with Gasteiger partial charge in [0.15, 0.2) is 0 Å². The SMILES string of the molecule is CCCC/C=C/CC(=O)NCC(C)N(C)C(C)CNC(=O)C/C=C/CCCC. The highest BCUT2D eigenvalue weighted by molar-refractivity contribution is 5.77.